The van der Waals surface area contributed by atoms with E-state index in [1.807, 2.05) is 6.92 Å². The number of carbonyl (C=O) groups is 1. The first kappa shape index (κ1) is 10.7. The normalized spacial score (nSPS) is 12.2. The maximum absolute atomic E-state index is 11.7. The van der Waals surface area contributed by atoms with Gasteiger partial charge in [-0.3, -0.25) is 9.78 Å². The molecule has 4 nitrogen and oxygen atoms in total. The monoisotopic (exact) mass is 193 g/mol. The van der Waals surface area contributed by atoms with E-state index in [0.29, 0.717) is 12.1 Å². The Morgan fingerprint density at radius 1 is 1.71 bits per heavy atom. The summed E-state index contributed by atoms with van der Waals surface area (Å²) in [6.45, 7) is 2.42. The Bertz CT molecular complexity index is 297. The van der Waals surface area contributed by atoms with E-state index in [1.165, 1.54) is 0 Å². The van der Waals surface area contributed by atoms with Crippen molar-refractivity contribution in [3.63, 3.8) is 0 Å². The smallest absolute Gasteiger partial charge is 0.255 e. The molecule has 0 aliphatic carbocycles. The summed E-state index contributed by atoms with van der Waals surface area (Å²) in [5.41, 5.74) is 6.19. The molecule has 0 aliphatic heterocycles. The molecule has 1 aromatic heterocycles. The lowest BCUT2D eigenvalue weighted by atomic mass is 10.2. The Labute approximate surface area is 83.7 Å². The van der Waals surface area contributed by atoms with Gasteiger partial charge in [0.05, 0.1) is 5.56 Å². The fourth-order valence-corrected chi connectivity index (χ4v) is 1.22. The fourth-order valence-electron chi connectivity index (χ4n) is 1.22. The summed E-state index contributed by atoms with van der Waals surface area (Å²) in [7, 11) is 1.73. The van der Waals surface area contributed by atoms with E-state index >= 15 is 0 Å². The average Bonchev–Trinajstić information content (AvgIpc) is 2.17. The number of pyridine rings is 1. The number of carbonyl (C=O) groups excluding carboxylic acids is 1. The van der Waals surface area contributed by atoms with Crippen molar-refractivity contribution in [3.8, 4) is 0 Å². The van der Waals surface area contributed by atoms with Crippen LogP contribution in [0.3, 0.4) is 0 Å². The molecule has 2 N–H and O–H groups in total. The molecule has 0 fully saturated rings. The van der Waals surface area contributed by atoms with E-state index in [0.717, 1.165) is 0 Å². The van der Waals surface area contributed by atoms with Gasteiger partial charge in [-0.1, -0.05) is 0 Å². The highest BCUT2D eigenvalue weighted by Gasteiger charge is 2.12. The van der Waals surface area contributed by atoms with Gasteiger partial charge in [0.2, 0.25) is 0 Å². The molecule has 4 heteroatoms. The zero-order valence-electron chi connectivity index (χ0n) is 8.47. The van der Waals surface area contributed by atoms with Crippen LogP contribution in [0.4, 0.5) is 0 Å². The van der Waals surface area contributed by atoms with Gasteiger partial charge in [-0.2, -0.15) is 0 Å². The lowest BCUT2D eigenvalue weighted by Crippen LogP contribution is -2.36. The van der Waals surface area contributed by atoms with Crippen LogP contribution in [0.1, 0.15) is 17.3 Å². The van der Waals surface area contributed by atoms with Gasteiger partial charge >= 0.3 is 0 Å². The van der Waals surface area contributed by atoms with Gasteiger partial charge in [0, 0.05) is 32.0 Å². The summed E-state index contributed by atoms with van der Waals surface area (Å²) in [6.07, 6.45) is 3.20. The van der Waals surface area contributed by atoms with E-state index in [2.05, 4.69) is 4.98 Å². The van der Waals surface area contributed by atoms with E-state index in [1.54, 1.807) is 36.5 Å². The number of hydrogen-bond donors (Lipinski definition) is 1. The van der Waals surface area contributed by atoms with Crippen LogP contribution in [0, 0.1) is 0 Å². The van der Waals surface area contributed by atoms with E-state index in [4.69, 9.17) is 5.73 Å². The molecule has 0 aromatic carbocycles. The molecule has 1 atom stereocenters. The van der Waals surface area contributed by atoms with Crippen molar-refractivity contribution >= 4 is 5.91 Å². The van der Waals surface area contributed by atoms with Gasteiger partial charge in [0.1, 0.15) is 0 Å². The topological polar surface area (TPSA) is 59.2 Å². The van der Waals surface area contributed by atoms with E-state index < -0.39 is 0 Å². The Morgan fingerprint density at radius 2 is 2.43 bits per heavy atom. The van der Waals surface area contributed by atoms with Gasteiger partial charge in [0.25, 0.3) is 5.91 Å². The first-order valence-corrected chi connectivity index (χ1v) is 4.52. The second-order valence-corrected chi connectivity index (χ2v) is 3.40. The van der Waals surface area contributed by atoms with Crippen LogP contribution in [-0.4, -0.2) is 35.4 Å². The summed E-state index contributed by atoms with van der Waals surface area (Å²) in [5.74, 6) is -0.0459. The molecular weight excluding hydrogens is 178 g/mol. The molecule has 0 spiro atoms. The van der Waals surface area contributed by atoms with Crippen molar-refractivity contribution in [3.05, 3.63) is 30.1 Å². The summed E-state index contributed by atoms with van der Waals surface area (Å²) in [5, 5.41) is 0. The first-order valence-electron chi connectivity index (χ1n) is 4.52. The number of nitrogens with two attached hydrogens (primary N) is 1. The molecule has 1 heterocycles. The third-order valence-corrected chi connectivity index (χ3v) is 1.82. The molecule has 1 rings (SSSR count). The minimum absolute atomic E-state index is 0.0133. The second kappa shape index (κ2) is 4.72. The fraction of sp³-hybridized carbons (Fsp3) is 0.400. The predicted molar refractivity (Wildman–Crippen MR) is 54.8 cm³/mol. The second-order valence-electron chi connectivity index (χ2n) is 3.40. The van der Waals surface area contributed by atoms with Crippen LogP contribution < -0.4 is 5.73 Å². The number of rotatable bonds is 3. The zero-order valence-corrected chi connectivity index (χ0v) is 8.47. The molecule has 1 unspecified atom stereocenters. The summed E-state index contributed by atoms with van der Waals surface area (Å²) in [6, 6.07) is 3.47. The van der Waals surface area contributed by atoms with E-state index in [9.17, 15) is 4.79 Å². The van der Waals surface area contributed by atoms with Crippen LogP contribution in [-0.2, 0) is 0 Å². The van der Waals surface area contributed by atoms with Gasteiger partial charge < -0.3 is 10.6 Å². The van der Waals surface area contributed by atoms with Crippen molar-refractivity contribution in [2.45, 2.75) is 13.0 Å². The number of amides is 1. The third-order valence-electron chi connectivity index (χ3n) is 1.82. The molecule has 1 amide bonds. The van der Waals surface area contributed by atoms with Gasteiger partial charge in [-0.05, 0) is 19.1 Å². The molecule has 0 aliphatic rings. The highest BCUT2D eigenvalue weighted by atomic mass is 16.2. The van der Waals surface area contributed by atoms with Crippen LogP contribution >= 0.6 is 0 Å². The SMILES string of the molecule is CC(N)CN(C)C(=O)c1cccnc1. The average molecular weight is 193 g/mol. The molecule has 0 saturated heterocycles. The number of nitrogens with zero attached hydrogens (tertiary/aromatic N) is 2. The third kappa shape index (κ3) is 2.81. The van der Waals surface area contributed by atoms with E-state index in [-0.39, 0.29) is 11.9 Å². The number of aromatic nitrogens is 1. The molecule has 14 heavy (non-hydrogen) atoms. The summed E-state index contributed by atoms with van der Waals surface area (Å²) < 4.78 is 0. The molecule has 76 valence electrons. The molecule has 1 aromatic rings. The Hall–Kier alpha value is -1.42. The van der Waals surface area contributed by atoms with Crippen molar-refractivity contribution < 1.29 is 4.79 Å². The molecule has 0 saturated carbocycles. The zero-order chi connectivity index (χ0) is 10.6. The van der Waals surface area contributed by atoms with Gasteiger partial charge in [-0.15, -0.1) is 0 Å². The molecular formula is C10H15N3O. The maximum atomic E-state index is 11.7. The highest BCUT2D eigenvalue weighted by molar-refractivity contribution is 5.93. The van der Waals surface area contributed by atoms with Gasteiger partial charge in [0.15, 0.2) is 0 Å². The predicted octanol–water partition coefficient (Wildman–Crippen LogP) is 0.501. The number of likely N-dealkylation sites (N-methyl/N-ethyl adjacent to an activating group) is 1. The maximum Gasteiger partial charge on any atom is 0.255 e. The van der Waals surface area contributed by atoms with Crippen molar-refractivity contribution in [1.29, 1.82) is 0 Å². The quantitative estimate of drug-likeness (QED) is 0.760. The highest BCUT2D eigenvalue weighted by Crippen LogP contribution is 2.01. The van der Waals surface area contributed by atoms with Crippen LogP contribution in [0.5, 0.6) is 0 Å². The lowest BCUT2D eigenvalue weighted by Gasteiger charge is -2.18. The van der Waals surface area contributed by atoms with Crippen LogP contribution in [0.15, 0.2) is 24.5 Å². The number of hydrogen-bond acceptors (Lipinski definition) is 3. The standard InChI is InChI=1S/C10H15N3O/c1-8(11)7-13(2)10(14)9-4-3-5-12-6-9/h3-6,8H,7,11H2,1-2H3. The largest absolute Gasteiger partial charge is 0.340 e. The summed E-state index contributed by atoms with van der Waals surface area (Å²) >= 11 is 0. The molecule has 0 radical (unpaired) electrons. The minimum Gasteiger partial charge on any atom is -0.340 e. The minimum atomic E-state index is -0.0459. The van der Waals surface area contributed by atoms with Crippen molar-refractivity contribution in [2.75, 3.05) is 13.6 Å². The van der Waals surface area contributed by atoms with Crippen LogP contribution in [0.25, 0.3) is 0 Å². The Balaban J connectivity index is 2.66. The lowest BCUT2D eigenvalue weighted by molar-refractivity contribution is 0.0788. The van der Waals surface area contributed by atoms with Gasteiger partial charge in [-0.25, -0.2) is 0 Å². The molecule has 0 bridgehead atoms. The first-order chi connectivity index (χ1) is 6.61. The summed E-state index contributed by atoms with van der Waals surface area (Å²) in [4.78, 5) is 17.2. The Kier molecular flexibility index (Phi) is 3.59. The Morgan fingerprint density at radius 3 is 2.93 bits per heavy atom. The van der Waals surface area contributed by atoms with Crippen molar-refractivity contribution in [2.24, 2.45) is 5.73 Å². The van der Waals surface area contributed by atoms with Crippen LogP contribution in [0.2, 0.25) is 0 Å². The van der Waals surface area contributed by atoms with Crippen molar-refractivity contribution in [1.82, 2.24) is 9.88 Å².